The van der Waals surface area contributed by atoms with Crippen LogP contribution in [0.1, 0.15) is 82.5 Å². The van der Waals surface area contributed by atoms with Gasteiger partial charge in [0.25, 0.3) is 8.32 Å². The molecule has 3 aromatic carbocycles. The lowest BCUT2D eigenvalue weighted by Crippen LogP contribution is -2.66. The smallest absolute Gasteiger partial charge is 0.356 e. The molecule has 52 heavy (non-hydrogen) atoms. The summed E-state index contributed by atoms with van der Waals surface area (Å²) in [6, 6.07) is 34.9. The second-order valence-corrected chi connectivity index (χ2v) is 21.7. The van der Waals surface area contributed by atoms with Crippen molar-refractivity contribution >= 4 is 36.0 Å². The molecule has 2 atom stereocenters. The molecule has 0 bridgehead atoms. The van der Waals surface area contributed by atoms with Crippen LogP contribution in [-0.4, -0.2) is 51.1 Å². The van der Waals surface area contributed by atoms with E-state index in [-0.39, 0.29) is 23.4 Å². The van der Waals surface area contributed by atoms with Crippen molar-refractivity contribution in [1.29, 1.82) is 0 Å². The minimum absolute atomic E-state index is 0.189. The number of carbonyl (C=O) groups excluding carboxylic acids is 1. The molecule has 5 aromatic rings. The SMILES string of the molecule is CCOC(=O)c1cc2c(c(-c3cccc(-c4cccnc4)c3)n1)[C@@H](CCO[Si](c1ccccc1)(c1ccccc1)C(C)(C)C)N([S@+]([O-])C(C)(C)C)C2. The number of carbonyl (C=O) groups is 1. The second-order valence-electron chi connectivity index (χ2n) is 15.2. The number of aromatic nitrogens is 2. The van der Waals surface area contributed by atoms with Crippen molar-refractivity contribution in [2.75, 3.05) is 13.2 Å². The van der Waals surface area contributed by atoms with Crippen molar-refractivity contribution in [1.82, 2.24) is 14.3 Å². The van der Waals surface area contributed by atoms with Gasteiger partial charge in [0.1, 0.15) is 10.4 Å². The molecular formula is C43H49N3O4SSi. The fraction of sp³-hybridized carbons (Fsp3) is 0.326. The van der Waals surface area contributed by atoms with E-state index in [4.69, 9.17) is 14.1 Å². The molecule has 3 heterocycles. The van der Waals surface area contributed by atoms with Crippen molar-refractivity contribution in [3.8, 4) is 22.4 Å². The highest BCUT2D eigenvalue weighted by molar-refractivity contribution is 7.90. The van der Waals surface area contributed by atoms with Crippen LogP contribution >= 0.6 is 0 Å². The first kappa shape index (κ1) is 37.6. The third kappa shape index (κ3) is 7.52. The van der Waals surface area contributed by atoms with Gasteiger partial charge in [-0.3, -0.25) is 4.98 Å². The molecule has 7 nitrogen and oxygen atoms in total. The van der Waals surface area contributed by atoms with E-state index in [0.717, 1.165) is 27.8 Å². The number of fused-ring (bicyclic) bond motifs is 1. The number of esters is 1. The Balaban J connectivity index is 1.48. The molecule has 0 fully saturated rings. The third-order valence-corrected chi connectivity index (χ3v) is 16.5. The van der Waals surface area contributed by atoms with Gasteiger partial charge in [-0.05, 0) is 78.9 Å². The maximum Gasteiger partial charge on any atom is 0.356 e. The number of nitrogens with zero attached hydrogens (tertiary/aromatic N) is 3. The number of pyridine rings is 2. The van der Waals surface area contributed by atoms with E-state index in [1.54, 1.807) is 13.1 Å². The van der Waals surface area contributed by atoms with Gasteiger partial charge in [0.15, 0.2) is 0 Å². The molecule has 270 valence electrons. The normalized spacial score (nSPS) is 15.7. The average molecular weight is 732 g/mol. The van der Waals surface area contributed by atoms with E-state index >= 15 is 0 Å². The predicted molar refractivity (Wildman–Crippen MR) is 213 cm³/mol. The van der Waals surface area contributed by atoms with Crippen LogP contribution in [0.3, 0.4) is 0 Å². The molecule has 0 radical (unpaired) electrons. The van der Waals surface area contributed by atoms with Gasteiger partial charge in [0.2, 0.25) is 0 Å². The average Bonchev–Trinajstić information content (AvgIpc) is 3.51. The summed E-state index contributed by atoms with van der Waals surface area (Å²) >= 11 is -1.37. The molecule has 6 rings (SSSR count). The quantitative estimate of drug-likeness (QED) is 0.0768. The summed E-state index contributed by atoms with van der Waals surface area (Å²) in [7, 11) is -2.83. The van der Waals surface area contributed by atoms with Crippen molar-refractivity contribution in [2.45, 2.75) is 77.3 Å². The molecule has 0 N–H and O–H groups in total. The highest BCUT2D eigenvalue weighted by atomic mass is 32.2. The lowest BCUT2D eigenvalue weighted by atomic mass is 9.94. The van der Waals surface area contributed by atoms with Gasteiger partial charge >= 0.3 is 5.97 Å². The van der Waals surface area contributed by atoms with Gasteiger partial charge < -0.3 is 13.7 Å². The van der Waals surface area contributed by atoms with Crippen molar-refractivity contribution < 1.29 is 18.5 Å². The van der Waals surface area contributed by atoms with E-state index in [1.165, 1.54) is 10.4 Å². The summed E-state index contributed by atoms with van der Waals surface area (Å²) in [5.41, 5.74) is 5.66. The number of hydrogen-bond acceptors (Lipinski definition) is 7. The number of benzene rings is 3. The van der Waals surface area contributed by atoms with Crippen molar-refractivity contribution in [2.24, 2.45) is 0 Å². The maximum atomic E-state index is 14.4. The van der Waals surface area contributed by atoms with Crippen molar-refractivity contribution in [3.05, 3.63) is 132 Å². The first-order chi connectivity index (χ1) is 24.8. The second kappa shape index (κ2) is 15.5. The molecule has 0 aliphatic carbocycles. The van der Waals surface area contributed by atoms with E-state index < -0.39 is 30.4 Å². The van der Waals surface area contributed by atoms with Crippen molar-refractivity contribution in [3.63, 3.8) is 0 Å². The first-order valence-corrected chi connectivity index (χ1v) is 21.0. The number of hydrogen-bond donors (Lipinski definition) is 0. The number of ether oxygens (including phenoxy) is 1. The highest BCUT2D eigenvalue weighted by Gasteiger charge is 2.51. The van der Waals surface area contributed by atoms with Crippen LogP contribution in [0.25, 0.3) is 22.4 Å². The first-order valence-electron chi connectivity index (χ1n) is 18.0. The minimum atomic E-state index is -2.83. The zero-order valence-electron chi connectivity index (χ0n) is 31.3. The van der Waals surface area contributed by atoms with E-state index in [0.29, 0.717) is 25.3 Å². The van der Waals surface area contributed by atoms with Gasteiger partial charge in [0, 0.05) is 47.1 Å². The molecular weight excluding hydrogens is 683 g/mol. The zero-order chi connectivity index (χ0) is 37.1. The molecule has 0 saturated carbocycles. The Morgan fingerprint density at radius 1 is 0.865 bits per heavy atom. The Morgan fingerprint density at radius 2 is 1.50 bits per heavy atom. The van der Waals surface area contributed by atoms with Crippen LogP contribution in [0.15, 0.2) is 116 Å². The zero-order valence-corrected chi connectivity index (χ0v) is 33.1. The summed E-state index contributed by atoms with van der Waals surface area (Å²) in [4.78, 5) is 22.6. The Morgan fingerprint density at radius 3 is 2.08 bits per heavy atom. The van der Waals surface area contributed by atoms with Crippen LogP contribution in [0.2, 0.25) is 5.04 Å². The van der Waals surface area contributed by atoms with Crippen LogP contribution < -0.4 is 10.4 Å². The van der Waals surface area contributed by atoms with Crippen LogP contribution in [-0.2, 0) is 27.1 Å². The summed E-state index contributed by atoms with van der Waals surface area (Å²) in [5, 5.41) is 2.24. The molecule has 0 spiro atoms. The van der Waals surface area contributed by atoms with Gasteiger partial charge in [-0.25, -0.2) is 9.78 Å². The Bertz CT molecular complexity index is 1940. The number of rotatable bonds is 11. The molecule has 1 aliphatic rings. The molecule has 2 aromatic heterocycles. The highest BCUT2D eigenvalue weighted by Crippen LogP contribution is 2.46. The molecule has 1 aliphatic heterocycles. The Labute approximate surface area is 312 Å². The lowest BCUT2D eigenvalue weighted by molar-refractivity contribution is 0.0519. The Hall–Kier alpha value is -4.12. The fourth-order valence-electron chi connectivity index (χ4n) is 7.34. The van der Waals surface area contributed by atoms with Gasteiger partial charge in [0.05, 0.1) is 24.9 Å². The molecule has 0 unspecified atom stereocenters. The van der Waals surface area contributed by atoms with Crippen LogP contribution in [0.4, 0.5) is 0 Å². The third-order valence-electron chi connectivity index (χ3n) is 9.63. The lowest BCUT2D eigenvalue weighted by Gasteiger charge is -2.43. The van der Waals surface area contributed by atoms with Gasteiger partial charge in [-0.2, -0.15) is 0 Å². The summed E-state index contributed by atoms with van der Waals surface area (Å²) in [6.45, 7) is 15.7. The monoisotopic (exact) mass is 731 g/mol. The molecule has 0 saturated heterocycles. The van der Waals surface area contributed by atoms with Gasteiger partial charge in [-0.15, -0.1) is 4.31 Å². The maximum absolute atomic E-state index is 14.4. The van der Waals surface area contributed by atoms with Gasteiger partial charge in [-0.1, -0.05) is 106 Å². The summed E-state index contributed by atoms with van der Waals surface area (Å²) in [5.74, 6) is -0.475. The topological polar surface area (TPSA) is 87.6 Å². The fourth-order valence-corrected chi connectivity index (χ4v) is 13.3. The predicted octanol–water partition coefficient (Wildman–Crippen LogP) is 8.27. The van der Waals surface area contributed by atoms with Crippen LogP contribution in [0, 0.1) is 0 Å². The Kier molecular flexibility index (Phi) is 11.2. The van der Waals surface area contributed by atoms with E-state index in [1.807, 2.05) is 75.5 Å². The molecule has 9 heteroatoms. The largest absolute Gasteiger partial charge is 0.597 e. The van der Waals surface area contributed by atoms with Crippen LogP contribution in [0.5, 0.6) is 0 Å². The standard InChI is InChI=1S/C43H49N3O4SSi/c1-8-49-41(47)37-28-34-30-46(51(48)42(2,3)4)38(39(34)40(45-37)32-18-15-17-31(27-32)33-19-16-25-44-29-33)24-26-50-52(43(5,6)7,35-20-11-9-12-21-35)36-22-13-10-14-23-36/h9-23,25,27-29,38H,8,24,26,30H2,1-7H3/t38-,51-/m1/s1. The van der Waals surface area contributed by atoms with E-state index in [2.05, 4.69) is 84.7 Å². The summed E-state index contributed by atoms with van der Waals surface area (Å²) in [6.07, 6.45) is 4.17. The minimum Gasteiger partial charge on any atom is -0.597 e. The molecule has 0 amide bonds. The van der Waals surface area contributed by atoms with E-state index in [9.17, 15) is 9.35 Å². The summed E-state index contributed by atoms with van der Waals surface area (Å²) < 4.78 is 28.8.